The number of rotatable bonds is 6. The summed E-state index contributed by atoms with van der Waals surface area (Å²) < 4.78 is 1.13. The van der Waals surface area contributed by atoms with Crippen LogP contribution in [-0.4, -0.2) is 25.0 Å². The molecule has 0 bridgehead atoms. The van der Waals surface area contributed by atoms with Gasteiger partial charge in [-0.2, -0.15) is 0 Å². The third-order valence-corrected chi connectivity index (χ3v) is 4.17. The molecule has 1 aliphatic carbocycles. The van der Waals surface area contributed by atoms with Crippen molar-refractivity contribution in [3.63, 3.8) is 0 Å². The Kier molecular flexibility index (Phi) is 5.40. The standard InChI is InChI=1S/C15H21BrN2O/c1-2-17-15(19)7-8-18-14-9-12(10-14)11-3-5-13(16)6-4-11/h3-6,12,14,18H,2,7-10H2,1H3,(H,17,19). The first-order valence-corrected chi connectivity index (χ1v) is 7.74. The molecule has 104 valence electrons. The summed E-state index contributed by atoms with van der Waals surface area (Å²) in [5, 5.41) is 6.26. The third kappa shape index (κ3) is 4.32. The molecule has 0 saturated heterocycles. The Morgan fingerprint density at radius 2 is 2.00 bits per heavy atom. The second-order valence-corrected chi connectivity index (χ2v) is 5.99. The molecular weight excluding hydrogens is 304 g/mol. The highest BCUT2D eigenvalue weighted by Crippen LogP contribution is 2.37. The van der Waals surface area contributed by atoms with Crippen LogP contribution in [0.5, 0.6) is 0 Å². The van der Waals surface area contributed by atoms with Gasteiger partial charge in [0, 0.05) is 30.0 Å². The largest absolute Gasteiger partial charge is 0.356 e. The summed E-state index contributed by atoms with van der Waals surface area (Å²) in [5.41, 5.74) is 1.42. The molecule has 0 heterocycles. The van der Waals surface area contributed by atoms with Crippen molar-refractivity contribution in [2.45, 2.75) is 38.1 Å². The Bertz CT molecular complexity index is 413. The summed E-state index contributed by atoms with van der Waals surface area (Å²) in [6, 6.07) is 9.17. The topological polar surface area (TPSA) is 41.1 Å². The molecular formula is C15H21BrN2O. The molecule has 0 aromatic heterocycles. The summed E-state index contributed by atoms with van der Waals surface area (Å²) in [7, 11) is 0. The minimum absolute atomic E-state index is 0.138. The molecule has 2 rings (SSSR count). The fraction of sp³-hybridized carbons (Fsp3) is 0.533. The van der Waals surface area contributed by atoms with Crippen molar-refractivity contribution < 1.29 is 4.79 Å². The molecule has 1 aromatic carbocycles. The van der Waals surface area contributed by atoms with Gasteiger partial charge in [0.1, 0.15) is 0 Å². The monoisotopic (exact) mass is 324 g/mol. The molecule has 4 heteroatoms. The van der Waals surface area contributed by atoms with Crippen LogP contribution < -0.4 is 10.6 Å². The Hall–Kier alpha value is -0.870. The first-order chi connectivity index (χ1) is 9.19. The lowest BCUT2D eigenvalue weighted by Gasteiger charge is -2.36. The minimum Gasteiger partial charge on any atom is -0.356 e. The van der Waals surface area contributed by atoms with E-state index in [1.54, 1.807) is 0 Å². The van der Waals surface area contributed by atoms with Gasteiger partial charge in [0.25, 0.3) is 0 Å². The lowest BCUT2D eigenvalue weighted by molar-refractivity contribution is -0.120. The molecule has 0 atom stereocenters. The lowest BCUT2D eigenvalue weighted by atomic mass is 9.76. The minimum atomic E-state index is 0.138. The van der Waals surface area contributed by atoms with Gasteiger partial charge in [-0.15, -0.1) is 0 Å². The number of hydrogen-bond donors (Lipinski definition) is 2. The van der Waals surface area contributed by atoms with Crippen LogP contribution in [0, 0.1) is 0 Å². The normalized spacial score (nSPS) is 21.8. The average Bonchev–Trinajstić information content (AvgIpc) is 2.34. The van der Waals surface area contributed by atoms with E-state index in [1.165, 1.54) is 18.4 Å². The molecule has 3 nitrogen and oxygen atoms in total. The number of benzene rings is 1. The van der Waals surface area contributed by atoms with Gasteiger partial charge in [-0.1, -0.05) is 28.1 Å². The maximum atomic E-state index is 11.3. The predicted molar refractivity (Wildman–Crippen MR) is 81.2 cm³/mol. The number of hydrogen-bond acceptors (Lipinski definition) is 2. The summed E-state index contributed by atoms with van der Waals surface area (Å²) in [6.45, 7) is 3.44. The molecule has 0 radical (unpaired) electrons. The lowest BCUT2D eigenvalue weighted by Crippen LogP contribution is -2.41. The van der Waals surface area contributed by atoms with E-state index in [9.17, 15) is 4.79 Å². The van der Waals surface area contributed by atoms with E-state index in [-0.39, 0.29) is 5.91 Å². The van der Waals surface area contributed by atoms with Crippen LogP contribution in [0.2, 0.25) is 0 Å². The first-order valence-electron chi connectivity index (χ1n) is 6.94. The Morgan fingerprint density at radius 3 is 2.63 bits per heavy atom. The van der Waals surface area contributed by atoms with Crippen molar-refractivity contribution in [2.24, 2.45) is 0 Å². The van der Waals surface area contributed by atoms with E-state index in [0.717, 1.165) is 11.0 Å². The highest BCUT2D eigenvalue weighted by Gasteiger charge is 2.29. The average molecular weight is 325 g/mol. The Morgan fingerprint density at radius 1 is 1.32 bits per heavy atom. The van der Waals surface area contributed by atoms with Crippen LogP contribution in [0.15, 0.2) is 28.7 Å². The second-order valence-electron chi connectivity index (χ2n) is 5.07. The van der Waals surface area contributed by atoms with Crippen LogP contribution in [0.3, 0.4) is 0 Å². The molecule has 1 amide bonds. The zero-order valence-corrected chi connectivity index (χ0v) is 12.9. The van der Waals surface area contributed by atoms with Crippen molar-refractivity contribution >= 4 is 21.8 Å². The SMILES string of the molecule is CCNC(=O)CCNC1CC(c2ccc(Br)cc2)C1. The Labute approximate surface area is 123 Å². The van der Waals surface area contributed by atoms with E-state index in [2.05, 4.69) is 50.8 Å². The number of halogens is 1. The molecule has 19 heavy (non-hydrogen) atoms. The smallest absolute Gasteiger partial charge is 0.221 e. The van der Waals surface area contributed by atoms with Crippen molar-refractivity contribution in [1.82, 2.24) is 10.6 Å². The molecule has 1 aromatic rings. The predicted octanol–water partition coefficient (Wildman–Crippen LogP) is 2.81. The number of amides is 1. The van der Waals surface area contributed by atoms with Gasteiger partial charge in [-0.05, 0) is 43.4 Å². The van der Waals surface area contributed by atoms with E-state index in [0.29, 0.717) is 24.9 Å². The molecule has 1 aliphatic rings. The van der Waals surface area contributed by atoms with Crippen LogP contribution >= 0.6 is 15.9 Å². The summed E-state index contributed by atoms with van der Waals surface area (Å²) in [4.78, 5) is 11.3. The van der Waals surface area contributed by atoms with Crippen molar-refractivity contribution in [2.75, 3.05) is 13.1 Å². The van der Waals surface area contributed by atoms with E-state index in [1.807, 2.05) is 6.92 Å². The maximum Gasteiger partial charge on any atom is 0.221 e. The molecule has 1 fully saturated rings. The van der Waals surface area contributed by atoms with Gasteiger partial charge < -0.3 is 10.6 Å². The number of nitrogens with one attached hydrogen (secondary N) is 2. The zero-order valence-electron chi connectivity index (χ0n) is 11.3. The molecule has 1 saturated carbocycles. The van der Waals surface area contributed by atoms with Crippen molar-refractivity contribution in [3.05, 3.63) is 34.3 Å². The van der Waals surface area contributed by atoms with Gasteiger partial charge in [-0.25, -0.2) is 0 Å². The Balaban J connectivity index is 1.64. The molecule has 2 N–H and O–H groups in total. The first kappa shape index (κ1) is 14.5. The third-order valence-electron chi connectivity index (χ3n) is 3.64. The van der Waals surface area contributed by atoms with Gasteiger partial charge in [-0.3, -0.25) is 4.79 Å². The fourth-order valence-electron chi connectivity index (χ4n) is 2.47. The number of carbonyl (C=O) groups is 1. The maximum absolute atomic E-state index is 11.3. The summed E-state index contributed by atoms with van der Waals surface area (Å²) >= 11 is 3.46. The molecule has 0 unspecified atom stereocenters. The van der Waals surface area contributed by atoms with Crippen LogP contribution in [0.1, 0.15) is 37.7 Å². The molecule has 0 aliphatic heterocycles. The van der Waals surface area contributed by atoms with Crippen LogP contribution in [0.4, 0.5) is 0 Å². The highest BCUT2D eigenvalue weighted by atomic mass is 79.9. The van der Waals surface area contributed by atoms with Gasteiger partial charge in [0.2, 0.25) is 5.91 Å². The summed E-state index contributed by atoms with van der Waals surface area (Å²) in [5.74, 6) is 0.814. The summed E-state index contributed by atoms with van der Waals surface area (Å²) in [6.07, 6.45) is 2.93. The van der Waals surface area contributed by atoms with Gasteiger partial charge in [0.15, 0.2) is 0 Å². The van der Waals surface area contributed by atoms with Gasteiger partial charge >= 0.3 is 0 Å². The zero-order chi connectivity index (χ0) is 13.7. The van der Waals surface area contributed by atoms with E-state index >= 15 is 0 Å². The van der Waals surface area contributed by atoms with E-state index < -0.39 is 0 Å². The van der Waals surface area contributed by atoms with Crippen molar-refractivity contribution in [1.29, 1.82) is 0 Å². The number of carbonyl (C=O) groups excluding carboxylic acids is 1. The van der Waals surface area contributed by atoms with Crippen LogP contribution in [0.25, 0.3) is 0 Å². The van der Waals surface area contributed by atoms with Gasteiger partial charge in [0.05, 0.1) is 0 Å². The van der Waals surface area contributed by atoms with Crippen molar-refractivity contribution in [3.8, 4) is 0 Å². The molecule has 0 spiro atoms. The fourth-order valence-corrected chi connectivity index (χ4v) is 2.73. The van der Waals surface area contributed by atoms with Crippen LogP contribution in [-0.2, 0) is 4.79 Å². The van der Waals surface area contributed by atoms with E-state index in [4.69, 9.17) is 0 Å². The highest BCUT2D eigenvalue weighted by molar-refractivity contribution is 9.10. The quantitative estimate of drug-likeness (QED) is 0.844. The second kappa shape index (κ2) is 7.06.